The summed E-state index contributed by atoms with van der Waals surface area (Å²) in [5, 5.41) is 13.3. The number of nitrogens with zero attached hydrogens (tertiary/aromatic N) is 3. The lowest BCUT2D eigenvalue weighted by molar-refractivity contribution is 0.102. The monoisotopic (exact) mass is 350 g/mol. The zero-order chi connectivity index (χ0) is 17.2. The van der Waals surface area contributed by atoms with Crippen molar-refractivity contribution in [3.8, 4) is 16.5 Å². The Morgan fingerprint density at radius 2 is 2.00 bits per heavy atom. The number of thiophene rings is 1. The molecular weight excluding hydrogens is 336 g/mol. The molecule has 1 N–H and O–H groups in total. The Balaban J connectivity index is 1.73. The highest BCUT2D eigenvalue weighted by atomic mass is 32.1. The van der Waals surface area contributed by atoms with E-state index in [1.807, 2.05) is 46.3 Å². The average Bonchev–Trinajstić information content (AvgIpc) is 3.31. The third-order valence-electron chi connectivity index (χ3n) is 3.78. The molecule has 3 heterocycles. The van der Waals surface area contributed by atoms with Crippen molar-refractivity contribution in [2.24, 2.45) is 0 Å². The largest absolute Gasteiger partial charge is 0.495 e. The van der Waals surface area contributed by atoms with E-state index in [9.17, 15) is 4.79 Å². The summed E-state index contributed by atoms with van der Waals surface area (Å²) in [7, 11) is 1.57. The van der Waals surface area contributed by atoms with Crippen LogP contribution in [0.25, 0.3) is 16.3 Å². The molecule has 0 radical (unpaired) electrons. The quantitative estimate of drug-likeness (QED) is 0.609. The second-order valence-corrected chi connectivity index (χ2v) is 6.22. The van der Waals surface area contributed by atoms with E-state index in [0.29, 0.717) is 22.6 Å². The molecule has 0 spiro atoms. The molecule has 0 aliphatic rings. The lowest BCUT2D eigenvalue weighted by Crippen LogP contribution is -2.14. The van der Waals surface area contributed by atoms with E-state index in [1.165, 1.54) is 0 Å². The molecule has 6 nitrogen and oxygen atoms in total. The number of carbonyl (C=O) groups is 1. The number of para-hydroxylation sites is 2. The lowest BCUT2D eigenvalue weighted by Gasteiger charge is -2.10. The maximum absolute atomic E-state index is 12.7. The number of hydrogen-bond donors (Lipinski definition) is 1. The molecule has 0 saturated heterocycles. The lowest BCUT2D eigenvalue weighted by atomic mass is 10.2. The van der Waals surface area contributed by atoms with E-state index >= 15 is 0 Å². The van der Waals surface area contributed by atoms with E-state index in [4.69, 9.17) is 4.74 Å². The summed E-state index contributed by atoms with van der Waals surface area (Å²) in [5.41, 5.74) is 1.57. The van der Waals surface area contributed by atoms with Gasteiger partial charge in [0.15, 0.2) is 11.5 Å². The maximum atomic E-state index is 12.7. The van der Waals surface area contributed by atoms with Gasteiger partial charge in [-0.25, -0.2) is 0 Å². The molecule has 1 amide bonds. The fraction of sp³-hybridized carbons (Fsp3) is 0.0556. The van der Waals surface area contributed by atoms with Crippen molar-refractivity contribution in [3.63, 3.8) is 0 Å². The molecular formula is C18H14N4O2S. The maximum Gasteiger partial charge on any atom is 0.259 e. The minimum atomic E-state index is -0.264. The van der Waals surface area contributed by atoms with Gasteiger partial charge in [-0.05, 0) is 35.7 Å². The van der Waals surface area contributed by atoms with Crippen molar-refractivity contribution in [1.29, 1.82) is 0 Å². The van der Waals surface area contributed by atoms with Crippen molar-refractivity contribution >= 4 is 28.6 Å². The number of ether oxygens (including phenoxy) is 1. The van der Waals surface area contributed by atoms with Crippen LogP contribution < -0.4 is 10.1 Å². The number of benzene rings is 1. The fourth-order valence-electron chi connectivity index (χ4n) is 2.60. The van der Waals surface area contributed by atoms with Crippen LogP contribution in [0.15, 0.2) is 60.1 Å². The van der Waals surface area contributed by atoms with Gasteiger partial charge in [-0.15, -0.1) is 21.5 Å². The highest BCUT2D eigenvalue weighted by molar-refractivity contribution is 7.13. The summed E-state index contributed by atoms with van der Waals surface area (Å²) >= 11 is 1.58. The van der Waals surface area contributed by atoms with E-state index < -0.39 is 0 Å². The zero-order valence-corrected chi connectivity index (χ0v) is 14.2. The number of pyridine rings is 1. The number of methoxy groups -OCH3 is 1. The predicted molar refractivity (Wildman–Crippen MR) is 97.2 cm³/mol. The van der Waals surface area contributed by atoms with E-state index in [2.05, 4.69) is 15.5 Å². The van der Waals surface area contributed by atoms with Gasteiger partial charge in [0.25, 0.3) is 5.91 Å². The van der Waals surface area contributed by atoms with Gasteiger partial charge in [-0.3, -0.25) is 9.20 Å². The third-order valence-corrected chi connectivity index (χ3v) is 4.64. The summed E-state index contributed by atoms with van der Waals surface area (Å²) in [4.78, 5) is 13.7. The molecule has 0 aliphatic carbocycles. The van der Waals surface area contributed by atoms with Crippen LogP contribution in [-0.2, 0) is 0 Å². The standard InChI is InChI=1S/C18H14N4O2S/c1-24-14-8-3-2-7-13(14)19-18(23)12-6-4-10-22-16(12)20-21-17(22)15-9-5-11-25-15/h2-11H,1H3,(H,19,23). The number of nitrogens with one attached hydrogen (secondary N) is 1. The third kappa shape index (κ3) is 2.74. The van der Waals surface area contributed by atoms with Crippen molar-refractivity contribution in [2.75, 3.05) is 12.4 Å². The molecule has 124 valence electrons. The fourth-order valence-corrected chi connectivity index (χ4v) is 3.31. The number of fused-ring (bicyclic) bond motifs is 1. The molecule has 0 saturated carbocycles. The Hall–Kier alpha value is -3.19. The van der Waals surface area contributed by atoms with Crippen LogP contribution in [0.3, 0.4) is 0 Å². The number of carbonyl (C=O) groups excluding carboxylic acids is 1. The van der Waals surface area contributed by atoms with Crippen LogP contribution in [0.5, 0.6) is 5.75 Å². The molecule has 0 aliphatic heterocycles. The summed E-state index contributed by atoms with van der Waals surface area (Å²) in [6.45, 7) is 0. The number of aromatic nitrogens is 3. The highest BCUT2D eigenvalue weighted by Gasteiger charge is 2.17. The summed E-state index contributed by atoms with van der Waals surface area (Å²) in [6, 6.07) is 14.7. The molecule has 0 unspecified atom stereocenters. The summed E-state index contributed by atoms with van der Waals surface area (Å²) in [5.74, 6) is 1.06. The Morgan fingerprint density at radius 1 is 1.12 bits per heavy atom. The van der Waals surface area contributed by atoms with E-state index in [0.717, 1.165) is 10.7 Å². The average molecular weight is 350 g/mol. The van der Waals surface area contributed by atoms with Crippen LogP contribution in [0.4, 0.5) is 5.69 Å². The second kappa shape index (κ2) is 6.37. The van der Waals surface area contributed by atoms with Crippen LogP contribution in [-0.4, -0.2) is 27.6 Å². The Bertz CT molecular complexity index is 1040. The van der Waals surface area contributed by atoms with Gasteiger partial charge < -0.3 is 10.1 Å². The van der Waals surface area contributed by atoms with Crippen LogP contribution in [0.1, 0.15) is 10.4 Å². The Kier molecular flexibility index (Phi) is 3.91. The number of amides is 1. The highest BCUT2D eigenvalue weighted by Crippen LogP contribution is 2.26. The molecule has 3 aromatic heterocycles. The number of hydrogen-bond acceptors (Lipinski definition) is 5. The van der Waals surface area contributed by atoms with Gasteiger partial charge >= 0.3 is 0 Å². The first-order chi connectivity index (χ1) is 12.3. The van der Waals surface area contributed by atoms with Gasteiger partial charge in [0, 0.05) is 6.20 Å². The van der Waals surface area contributed by atoms with E-state index in [1.54, 1.807) is 36.6 Å². The second-order valence-electron chi connectivity index (χ2n) is 5.27. The van der Waals surface area contributed by atoms with Crippen LogP contribution >= 0.6 is 11.3 Å². The molecule has 4 aromatic rings. The molecule has 25 heavy (non-hydrogen) atoms. The van der Waals surface area contributed by atoms with Crippen molar-refractivity contribution in [2.45, 2.75) is 0 Å². The Labute approximate surface area is 147 Å². The Morgan fingerprint density at radius 3 is 2.80 bits per heavy atom. The molecule has 0 fully saturated rings. The summed E-state index contributed by atoms with van der Waals surface area (Å²) in [6.07, 6.45) is 1.85. The van der Waals surface area contributed by atoms with Crippen LogP contribution in [0, 0.1) is 0 Å². The van der Waals surface area contributed by atoms with Crippen molar-refractivity contribution < 1.29 is 9.53 Å². The molecule has 1 aromatic carbocycles. The predicted octanol–water partition coefficient (Wildman–Crippen LogP) is 3.72. The van der Waals surface area contributed by atoms with Crippen molar-refractivity contribution in [3.05, 3.63) is 65.7 Å². The first-order valence-electron chi connectivity index (χ1n) is 7.60. The molecule has 4 rings (SSSR count). The van der Waals surface area contributed by atoms with E-state index in [-0.39, 0.29) is 5.91 Å². The molecule has 0 atom stereocenters. The summed E-state index contributed by atoms with van der Waals surface area (Å²) < 4.78 is 7.10. The van der Waals surface area contributed by atoms with Gasteiger partial charge in [0.2, 0.25) is 0 Å². The SMILES string of the molecule is COc1ccccc1NC(=O)c1cccn2c(-c3cccs3)nnc12. The number of anilines is 1. The minimum absolute atomic E-state index is 0.264. The number of rotatable bonds is 4. The molecule has 7 heteroatoms. The first kappa shape index (κ1) is 15.3. The zero-order valence-electron chi connectivity index (χ0n) is 13.3. The minimum Gasteiger partial charge on any atom is -0.495 e. The normalized spacial score (nSPS) is 10.8. The molecule has 0 bridgehead atoms. The topological polar surface area (TPSA) is 68.5 Å². The first-order valence-corrected chi connectivity index (χ1v) is 8.48. The smallest absolute Gasteiger partial charge is 0.259 e. The van der Waals surface area contributed by atoms with Gasteiger partial charge in [0.05, 0.1) is 23.2 Å². The van der Waals surface area contributed by atoms with Gasteiger partial charge in [0.1, 0.15) is 5.75 Å². The van der Waals surface area contributed by atoms with Crippen molar-refractivity contribution in [1.82, 2.24) is 14.6 Å². The van der Waals surface area contributed by atoms with Gasteiger partial charge in [-0.2, -0.15) is 0 Å². The van der Waals surface area contributed by atoms with Crippen LogP contribution in [0.2, 0.25) is 0 Å². The van der Waals surface area contributed by atoms with Gasteiger partial charge in [-0.1, -0.05) is 18.2 Å².